The van der Waals surface area contributed by atoms with E-state index in [1.165, 1.54) is 13.8 Å². The van der Waals surface area contributed by atoms with Crippen molar-refractivity contribution in [3.05, 3.63) is 29.8 Å². The molecule has 0 aliphatic rings. The molecule has 0 spiro atoms. The zero-order valence-corrected chi connectivity index (χ0v) is 12.4. The molecule has 0 heterocycles. The molecule has 1 amide bonds. The molecule has 0 aliphatic heterocycles. The first-order valence-electron chi connectivity index (χ1n) is 6.59. The largest absolute Gasteiger partial charge is 0.497 e. The van der Waals surface area contributed by atoms with Gasteiger partial charge in [0.05, 0.1) is 19.1 Å². The van der Waals surface area contributed by atoms with E-state index in [1.807, 2.05) is 0 Å². The van der Waals surface area contributed by atoms with E-state index < -0.39 is 23.5 Å². The lowest BCUT2D eigenvalue weighted by Crippen LogP contribution is -2.44. The van der Waals surface area contributed by atoms with Crippen molar-refractivity contribution in [2.45, 2.75) is 38.3 Å². The number of carbonyl (C=O) groups is 2. The lowest BCUT2D eigenvalue weighted by molar-refractivity contribution is -0.142. The normalized spacial score (nSPS) is 12.6. The monoisotopic (exact) mass is 295 g/mol. The van der Waals surface area contributed by atoms with Gasteiger partial charge in [0.25, 0.3) is 0 Å². The SMILES string of the molecule is COc1ccc(C[C@H](NC(=O)CC(C)(C)O)C(=O)O)cc1. The number of carbonyl (C=O) groups excluding carboxylic acids is 1. The number of amides is 1. The zero-order valence-electron chi connectivity index (χ0n) is 12.4. The fourth-order valence-electron chi connectivity index (χ4n) is 1.84. The van der Waals surface area contributed by atoms with E-state index in [4.69, 9.17) is 4.74 Å². The average molecular weight is 295 g/mol. The Hall–Kier alpha value is -2.08. The number of hydrogen-bond donors (Lipinski definition) is 3. The molecule has 0 bridgehead atoms. The highest BCUT2D eigenvalue weighted by molar-refractivity contribution is 5.84. The molecule has 1 rings (SSSR count). The summed E-state index contributed by atoms with van der Waals surface area (Å²) in [6.07, 6.45) is 0.0102. The van der Waals surface area contributed by atoms with Gasteiger partial charge in [0.15, 0.2) is 0 Å². The van der Waals surface area contributed by atoms with Crippen molar-refractivity contribution in [1.29, 1.82) is 0 Å². The van der Waals surface area contributed by atoms with Crippen LogP contribution in [0, 0.1) is 0 Å². The molecule has 1 aromatic rings. The minimum atomic E-state index is -1.17. The van der Waals surface area contributed by atoms with E-state index in [9.17, 15) is 19.8 Å². The number of ether oxygens (including phenoxy) is 1. The molecule has 0 fully saturated rings. The summed E-state index contributed by atoms with van der Waals surface area (Å²) in [7, 11) is 1.55. The summed E-state index contributed by atoms with van der Waals surface area (Å²) < 4.78 is 5.03. The number of benzene rings is 1. The number of rotatable bonds is 7. The van der Waals surface area contributed by atoms with Crippen LogP contribution in [0.25, 0.3) is 0 Å². The maximum Gasteiger partial charge on any atom is 0.326 e. The van der Waals surface area contributed by atoms with Crippen molar-refractivity contribution < 1.29 is 24.5 Å². The van der Waals surface area contributed by atoms with E-state index in [0.717, 1.165) is 5.56 Å². The van der Waals surface area contributed by atoms with Gasteiger partial charge < -0.3 is 20.3 Å². The average Bonchev–Trinajstić information content (AvgIpc) is 2.36. The summed E-state index contributed by atoms with van der Waals surface area (Å²) in [6.45, 7) is 2.98. The predicted octanol–water partition coefficient (Wildman–Crippen LogP) is 0.968. The Morgan fingerprint density at radius 3 is 2.29 bits per heavy atom. The van der Waals surface area contributed by atoms with E-state index in [0.29, 0.717) is 5.75 Å². The highest BCUT2D eigenvalue weighted by Gasteiger charge is 2.24. The second-order valence-corrected chi connectivity index (χ2v) is 5.50. The van der Waals surface area contributed by atoms with Gasteiger partial charge in [-0.25, -0.2) is 4.79 Å². The molecule has 0 saturated carbocycles. The molecular weight excluding hydrogens is 274 g/mol. The molecule has 21 heavy (non-hydrogen) atoms. The van der Waals surface area contributed by atoms with Gasteiger partial charge in [-0.15, -0.1) is 0 Å². The van der Waals surface area contributed by atoms with Crippen molar-refractivity contribution in [3.8, 4) is 5.75 Å². The molecule has 116 valence electrons. The number of hydrogen-bond acceptors (Lipinski definition) is 4. The maximum absolute atomic E-state index is 11.7. The number of carboxylic acids is 1. The van der Waals surface area contributed by atoms with E-state index >= 15 is 0 Å². The van der Waals surface area contributed by atoms with Gasteiger partial charge >= 0.3 is 5.97 Å². The van der Waals surface area contributed by atoms with Gasteiger partial charge in [0.2, 0.25) is 5.91 Å². The van der Waals surface area contributed by atoms with Crippen LogP contribution in [-0.2, 0) is 16.0 Å². The van der Waals surface area contributed by atoms with Gasteiger partial charge in [0.1, 0.15) is 11.8 Å². The van der Waals surface area contributed by atoms with Crippen LogP contribution < -0.4 is 10.1 Å². The third kappa shape index (κ3) is 6.27. The number of aliphatic carboxylic acids is 1. The number of nitrogens with one attached hydrogen (secondary N) is 1. The second kappa shape index (κ2) is 7.08. The Balaban J connectivity index is 2.69. The van der Waals surface area contributed by atoms with Gasteiger partial charge in [-0.05, 0) is 31.5 Å². The van der Waals surface area contributed by atoms with Crippen LogP contribution in [0.3, 0.4) is 0 Å². The van der Waals surface area contributed by atoms with Crippen molar-refractivity contribution in [2.75, 3.05) is 7.11 Å². The summed E-state index contributed by atoms with van der Waals surface area (Å²) in [5.41, 5.74) is -0.403. The van der Waals surface area contributed by atoms with Gasteiger partial charge in [-0.1, -0.05) is 12.1 Å². The van der Waals surface area contributed by atoms with Gasteiger partial charge in [-0.2, -0.15) is 0 Å². The van der Waals surface area contributed by atoms with Crippen molar-refractivity contribution >= 4 is 11.9 Å². The second-order valence-electron chi connectivity index (χ2n) is 5.50. The highest BCUT2D eigenvalue weighted by atomic mass is 16.5. The van der Waals surface area contributed by atoms with Crippen molar-refractivity contribution in [2.24, 2.45) is 0 Å². The lowest BCUT2D eigenvalue weighted by atomic mass is 10.0. The molecule has 0 saturated heterocycles. The lowest BCUT2D eigenvalue weighted by Gasteiger charge is -2.19. The topological polar surface area (TPSA) is 95.9 Å². The summed E-state index contributed by atoms with van der Waals surface area (Å²) in [4.78, 5) is 22.9. The van der Waals surface area contributed by atoms with Crippen LogP contribution in [0.5, 0.6) is 5.75 Å². The molecular formula is C15H21NO5. The molecule has 1 atom stereocenters. The van der Waals surface area contributed by atoms with Crippen LogP contribution in [0.4, 0.5) is 0 Å². The zero-order chi connectivity index (χ0) is 16.0. The number of methoxy groups -OCH3 is 1. The Morgan fingerprint density at radius 1 is 1.29 bits per heavy atom. The maximum atomic E-state index is 11.7. The molecule has 6 nitrogen and oxygen atoms in total. The standard InChI is InChI=1S/C15H21NO5/c1-15(2,20)9-13(17)16-12(14(18)19)8-10-4-6-11(21-3)7-5-10/h4-7,12,20H,8-9H2,1-3H3,(H,16,17)(H,18,19)/t12-/m0/s1. The van der Waals surface area contributed by atoms with Crippen LogP contribution in [0.2, 0.25) is 0 Å². The van der Waals surface area contributed by atoms with Crippen LogP contribution >= 0.6 is 0 Å². The van der Waals surface area contributed by atoms with Crippen molar-refractivity contribution in [1.82, 2.24) is 5.32 Å². The number of aliphatic hydroxyl groups is 1. The molecule has 6 heteroatoms. The van der Waals surface area contributed by atoms with Crippen LogP contribution in [0.1, 0.15) is 25.8 Å². The quantitative estimate of drug-likeness (QED) is 0.696. The first-order chi connectivity index (χ1) is 9.71. The first-order valence-corrected chi connectivity index (χ1v) is 6.59. The summed E-state index contributed by atoms with van der Waals surface area (Å²) in [6, 6.07) is 5.92. The molecule has 0 unspecified atom stereocenters. The van der Waals surface area contributed by atoms with E-state index in [1.54, 1.807) is 31.4 Å². The molecule has 0 radical (unpaired) electrons. The van der Waals surface area contributed by atoms with Crippen LogP contribution in [0.15, 0.2) is 24.3 Å². The van der Waals surface area contributed by atoms with Crippen LogP contribution in [-0.4, -0.2) is 40.8 Å². The summed E-state index contributed by atoms with van der Waals surface area (Å²) >= 11 is 0. The molecule has 1 aromatic carbocycles. The summed E-state index contributed by atoms with van der Waals surface area (Å²) in [5, 5.41) is 21.2. The third-order valence-corrected chi connectivity index (χ3v) is 2.83. The van der Waals surface area contributed by atoms with E-state index in [-0.39, 0.29) is 12.8 Å². The predicted molar refractivity (Wildman–Crippen MR) is 77.2 cm³/mol. The minimum absolute atomic E-state index is 0.153. The van der Waals surface area contributed by atoms with Gasteiger partial charge in [-0.3, -0.25) is 4.79 Å². The fourth-order valence-corrected chi connectivity index (χ4v) is 1.84. The Bertz CT molecular complexity index is 490. The Kier molecular flexibility index (Phi) is 5.72. The number of carboxylic acid groups (broad SMARTS) is 1. The third-order valence-electron chi connectivity index (χ3n) is 2.83. The fraction of sp³-hybridized carbons (Fsp3) is 0.467. The minimum Gasteiger partial charge on any atom is -0.497 e. The Labute approximate surface area is 123 Å². The van der Waals surface area contributed by atoms with E-state index in [2.05, 4.69) is 5.32 Å². The molecule has 3 N–H and O–H groups in total. The van der Waals surface area contributed by atoms with Gasteiger partial charge in [0, 0.05) is 6.42 Å². The molecule has 0 aromatic heterocycles. The molecule has 0 aliphatic carbocycles. The highest BCUT2D eigenvalue weighted by Crippen LogP contribution is 2.13. The summed E-state index contributed by atoms with van der Waals surface area (Å²) in [5.74, 6) is -0.935. The van der Waals surface area contributed by atoms with Crippen molar-refractivity contribution in [3.63, 3.8) is 0 Å². The smallest absolute Gasteiger partial charge is 0.326 e. The Morgan fingerprint density at radius 2 is 1.86 bits per heavy atom. The first kappa shape index (κ1) is 17.0.